The lowest BCUT2D eigenvalue weighted by Crippen LogP contribution is -2.54. The number of nitrogen functional groups attached to an aromatic ring is 1. The van der Waals surface area contributed by atoms with Gasteiger partial charge in [-0.1, -0.05) is 32.0 Å². The minimum Gasteiger partial charge on any atom is -0.399 e. The fourth-order valence-electron chi connectivity index (χ4n) is 4.17. The number of anilines is 1. The first kappa shape index (κ1) is 23.0. The molecule has 0 saturated carbocycles. The molecule has 4 N–H and O–H groups in total. The Hall–Kier alpha value is -4.14. The lowest BCUT2D eigenvalue weighted by Gasteiger charge is -2.28. The third-order valence-electron chi connectivity index (χ3n) is 5.84. The van der Waals surface area contributed by atoms with Gasteiger partial charge in [-0.2, -0.15) is 0 Å². The second-order valence-electron chi connectivity index (χ2n) is 8.82. The number of carbonyl (C=O) groups excluding carboxylic acids is 4. The van der Waals surface area contributed by atoms with E-state index in [1.807, 2.05) is 13.8 Å². The topological polar surface area (TPSA) is 125 Å². The van der Waals surface area contributed by atoms with Gasteiger partial charge in [0.05, 0.1) is 0 Å². The summed E-state index contributed by atoms with van der Waals surface area (Å²) < 4.78 is 0. The Labute approximate surface area is 197 Å². The van der Waals surface area contributed by atoms with Crippen LogP contribution in [0.4, 0.5) is 5.69 Å². The van der Waals surface area contributed by atoms with Crippen LogP contribution in [0.5, 0.6) is 0 Å². The Bertz CT molecular complexity index is 1130. The molecule has 0 radical (unpaired) electrons. The van der Waals surface area contributed by atoms with Crippen LogP contribution in [0.25, 0.3) is 0 Å². The molecule has 2 aliphatic rings. The minimum absolute atomic E-state index is 0.102. The highest BCUT2D eigenvalue weighted by atomic mass is 16.2. The standard InChI is InChI=1S/C25H27N5O4/c1-15(2)14-19(27-22(31)16-8-10-18(26)11-9-16)25(34)30-20-12-13-29(21(20)23(32)28-30)24(33)17-6-4-3-5-7-17/h3-13,15,19-21H,14,26H2,1-2H3,(H,27,31)(H,28,32)/t19-,20-,21+/m0/s1. The first-order valence-corrected chi connectivity index (χ1v) is 11.1. The number of fused-ring (bicyclic) bond motifs is 1. The van der Waals surface area contributed by atoms with Gasteiger partial charge in [0, 0.05) is 23.0 Å². The molecule has 1 saturated heterocycles. The number of nitrogens with zero attached hydrogens (tertiary/aromatic N) is 2. The number of rotatable bonds is 6. The van der Waals surface area contributed by atoms with Crippen molar-refractivity contribution in [3.05, 3.63) is 78.0 Å². The van der Waals surface area contributed by atoms with Crippen molar-refractivity contribution in [1.82, 2.24) is 20.7 Å². The zero-order valence-electron chi connectivity index (χ0n) is 19.0. The molecular formula is C25H27N5O4. The molecule has 0 aliphatic carbocycles. The fraction of sp³-hybridized carbons (Fsp3) is 0.280. The third-order valence-corrected chi connectivity index (χ3v) is 5.84. The number of hydrazine groups is 1. The molecule has 9 nitrogen and oxygen atoms in total. The maximum atomic E-state index is 13.5. The van der Waals surface area contributed by atoms with Crippen molar-refractivity contribution in [2.75, 3.05) is 5.73 Å². The highest BCUT2D eigenvalue weighted by Crippen LogP contribution is 2.27. The molecule has 0 unspecified atom stereocenters. The summed E-state index contributed by atoms with van der Waals surface area (Å²) in [7, 11) is 0. The van der Waals surface area contributed by atoms with Crippen molar-refractivity contribution in [3.63, 3.8) is 0 Å². The summed E-state index contributed by atoms with van der Waals surface area (Å²) >= 11 is 0. The van der Waals surface area contributed by atoms with Gasteiger partial charge in [0.1, 0.15) is 18.1 Å². The van der Waals surface area contributed by atoms with Crippen LogP contribution < -0.4 is 16.5 Å². The van der Waals surface area contributed by atoms with E-state index in [1.165, 1.54) is 16.1 Å². The molecule has 1 fully saturated rings. The molecule has 9 heteroatoms. The van der Waals surface area contributed by atoms with Crippen LogP contribution in [0.1, 0.15) is 41.0 Å². The summed E-state index contributed by atoms with van der Waals surface area (Å²) in [5, 5.41) is 4.01. The van der Waals surface area contributed by atoms with E-state index < -0.39 is 35.8 Å². The first-order valence-electron chi connectivity index (χ1n) is 11.1. The van der Waals surface area contributed by atoms with Crippen LogP contribution in [-0.2, 0) is 9.59 Å². The van der Waals surface area contributed by atoms with Gasteiger partial charge in [-0.3, -0.25) is 24.6 Å². The van der Waals surface area contributed by atoms with Gasteiger partial charge in [-0.15, -0.1) is 0 Å². The lowest BCUT2D eigenvalue weighted by molar-refractivity contribution is -0.139. The quantitative estimate of drug-likeness (QED) is 0.565. The summed E-state index contributed by atoms with van der Waals surface area (Å²) in [4.78, 5) is 53.3. The highest BCUT2D eigenvalue weighted by molar-refractivity contribution is 6.02. The van der Waals surface area contributed by atoms with E-state index in [-0.39, 0.29) is 11.8 Å². The number of benzene rings is 2. The molecule has 2 aromatic carbocycles. The molecule has 4 rings (SSSR count). The van der Waals surface area contributed by atoms with Crippen LogP contribution in [-0.4, -0.2) is 51.7 Å². The molecule has 0 bridgehead atoms. The highest BCUT2D eigenvalue weighted by Gasteiger charge is 2.50. The molecule has 4 amide bonds. The molecule has 34 heavy (non-hydrogen) atoms. The van der Waals surface area contributed by atoms with Crippen molar-refractivity contribution in [3.8, 4) is 0 Å². The van der Waals surface area contributed by atoms with Crippen molar-refractivity contribution in [1.29, 1.82) is 0 Å². The molecule has 0 spiro atoms. The number of hydrogen-bond acceptors (Lipinski definition) is 5. The molecule has 176 valence electrons. The Morgan fingerprint density at radius 2 is 1.71 bits per heavy atom. The van der Waals surface area contributed by atoms with Crippen LogP contribution in [0.15, 0.2) is 66.9 Å². The second-order valence-corrected chi connectivity index (χ2v) is 8.82. The van der Waals surface area contributed by atoms with E-state index in [4.69, 9.17) is 5.73 Å². The van der Waals surface area contributed by atoms with Crippen LogP contribution >= 0.6 is 0 Å². The first-order chi connectivity index (χ1) is 16.3. The van der Waals surface area contributed by atoms with Crippen LogP contribution in [0, 0.1) is 5.92 Å². The fourth-order valence-corrected chi connectivity index (χ4v) is 4.17. The van der Waals surface area contributed by atoms with E-state index >= 15 is 0 Å². The molecule has 0 aromatic heterocycles. The third kappa shape index (κ3) is 4.50. The van der Waals surface area contributed by atoms with Gasteiger partial charge < -0.3 is 16.0 Å². The van der Waals surface area contributed by atoms with Crippen molar-refractivity contribution >= 4 is 29.3 Å². The van der Waals surface area contributed by atoms with Gasteiger partial charge in [0.15, 0.2) is 0 Å². The largest absolute Gasteiger partial charge is 0.399 e. The molecule has 2 heterocycles. The maximum absolute atomic E-state index is 13.5. The van der Waals surface area contributed by atoms with Gasteiger partial charge in [-0.25, -0.2) is 5.01 Å². The zero-order valence-corrected chi connectivity index (χ0v) is 19.0. The number of hydrogen-bond donors (Lipinski definition) is 3. The number of nitrogens with one attached hydrogen (secondary N) is 2. The summed E-state index contributed by atoms with van der Waals surface area (Å²) in [6.07, 6.45) is 3.56. The summed E-state index contributed by atoms with van der Waals surface area (Å²) in [6.45, 7) is 3.88. The van der Waals surface area contributed by atoms with Crippen molar-refractivity contribution < 1.29 is 19.2 Å². The molecule has 2 aromatic rings. The normalized spacial score (nSPS) is 19.7. The molecular weight excluding hydrogens is 434 g/mol. The molecule has 3 atom stereocenters. The molecule has 2 aliphatic heterocycles. The Kier molecular flexibility index (Phi) is 6.36. The van der Waals surface area contributed by atoms with E-state index in [9.17, 15) is 19.2 Å². The second kappa shape index (κ2) is 9.38. The van der Waals surface area contributed by atoms with E-state index in [1.54, 1.807) is 60.7 Å². The van der Waals surface area contributed by atoms with E-state index in [2.05, 4.69) is 10.7 Å². The zero-order chi connectivity index (χ0) is 24.4. The summed E-state index contributed by atoms with van der Waals surface area (Å²) in [5.41, 5.74) is 9.63. The predicted octanol–water partition coefficient (Wildman–Crippen LogP) is 1.69. The lowest BCUT2D eigenvalue weighted by atomic mass is 10.0. The van der Waals surface area contributed by atoms with Crippen molar-refractivity contribution in [2.24, 2.45) is 5.92 Å². The number of amides is 4. The average Bonchev–Trinajstić information content (AvgIpc) is 3.39. The summed E-state index contributed by atoms with van der Waals surface area (Å²) in [6, 6.07) is 12.6. The Morgan fingerprint density at radius 1 is 1.03 bits per heavy atom. The van der Waals surface area contributed by atoms with Crippen molar-refractivity contribution in [2.45, 2.75) is 38.4 Å². The van der Waals surface area contributed by atoms with Gasteiger partial charge in [0.25, 0.3) is 23.6 Å². The van der Waals surface area contributed by atoms with E-state index in [0.717, 1.165) is 0 Å². The van der Waals surface area contributed by atoms with Crippen LogP contribution in [0.2, 0.25) is 0 Å². The number of carbonyl (C=O) groups is 4. The van der Waals surface area contributed by atoms with Crippen LogP contribution in [0.3, 0.4) is 0 Å². The van der Waals surface area contributed by atoms with Gasteiger partial charge >= 0.3 is 0 Å². The maximum Gasteiger partial charge on any atom is 0.264 e. The van der Waals surface area contributed by atoms with Gasteiger partial charge in [0.2, 0.25) is 0 Å². The monoisotopic (exact) mass is 461 g/mol. The number of nitrogens with two attached hydrogens (primary N) is 1. The van der Waals surface area contributed by atoms with E-state index in [0.29, 0.717) is 23.2 Å². The smallest absolute Gasteiger partial charge is 0.264 e. The SMILES string of the molecule is CC(C)C[C@H](NC(=O)c1ccc(N)cc1)C(=O)N1NC(=O)[C@H]2[C@@H]1C=CN2C(=O)c1ccccc1. The van der Waals surface area contributed by atoms with Gasteiger partial charge in [-0.05, 0) is 54.8 Å². The Morgan fingerprint density at radius 3 is 2.35 bits per heavy atom. The summed E-state index contributed by atoms with van der Waals surface area (Å²) in [5.74, 6) is -1.55. The predicted molar refractivity (Wildman–Crippen MR) is 126 cm³/mol. The average molecular weight is 462 g/mol. The minimum atomic E-state index is -0.871. The Balaban J connectivity index is 1.52.